The van der Waals surface area contributed by atoms with Crippen LogP contribution in [0.5, 0.6) is 5.75 Å². The highest BCUT2D eigenvalue weighted by Crippen LogP contribution is 2.31. The summed E-state index contributed by atoms with van der Waals surface area (Å²) in [6.45, 7) is 0. The van der Waals surface area contributed by atoms with Crippen LogP contribution < -0.4 is 10.1 Å². The number of thiazole rings is 2. The minimum atomic E-state index is -0.0877. The molecule has 0 fully saturated rings. The minimum absolute atomic E-state index is 0.0877. The predicted molar refractivity (Wildman–Crippen MR) is 105 cm³/mol. The largest absolute Gasteiger partial charge is 0.497 e. The molecule has 4 aromatic rings. The fourth-order valence-corrected chi connectivity index (χ4v) is 5.01. The number of rotatable bonds is 5. The topological polar surface area (TPSA) is 64.1 Å². The van der Waals surface area contributed by atoms with E-state index in [1.54, 1.807) is 18.4 Å². The van der Waals surface area contributed by atoms with Crippen molar-refractivity contribution in [3.05, 3.63) is 42.5 Å². The van der Waals surface area contributed by atoms with Crippen molar-refractivity contribution in [3.63, 3.8) is 0 Å². The van der Waals surface area contributed by atoms with E-state index >= 15 is 0 Å². The highest BCUT2D eigenvalue weighted by atomic mass is 32.2. The van der Waals surface area contributed by atoms with Crippen molar-refractivity contribution in [2.75, 3.05) is 18.2 Å². The van der Waals surface area contributed by atoms with Crippen molar-refractivity contribution in [2.24, 2.45) is 0 Å². The van der Waals surface area contributed by atoms with Crippen molar-refractivity contribution in [1.29, 1.82) is 0 Å². The normalized spacial score (nSPS) is 11.1. The van der Waals surface area contributed by atoms with E-state index in [2.05, 4.69) is 15.3 Å². The Labute approximate surface area is 156 Å². The zero-order valence-corrected chi connectivity index (χ0v) is 15.6. The highest BCUT2D eigenvalue weighted by molar-refractivity contribution is 8.01. The average Bonchev–Trinajstić information content (AvgIpc) is 3.21. The number of thioether (sulfide) groups is 1. The van der Waals surface area contributed by atoms with Crippen LogP contribution >= 0.6 is 34.4 Å². The van der Waals surface area contributed by atoms with Crippen LogP contribution in [-0.4, -0.2) is 28.7 Å². The second kappa shape index (κ2) is 6.99. The van der Waals surface area contributed by atoms with Crippen LogP contribution in [0, 0.1) is 0 Å². The van der Waals surface area contributed by atoms with E-state index < -0.39 is 0 Å². The van der Waals surface area contributed by atoms with Crippen LogP contribution in [0.1, 0.15) is 0 Å². The molecule has 25 heavy (non-hydrogen) atoms. The first kappa shape index (κ1) is 16.3. The van der Waals surface area contributed by atoms with Crippen molar-refractivity contribution < 1.29 is 9.53 Å². The molecule has 1 N–H and O–H groups in total. The zero-order chi connectivity index (χ0) is 17.2. The van der Waals surface area contributed by atoms with Crippen molar-refractivity contribution in [3.8, 4) is 5.75 Å². The Kier molecular flexibility index (Phi) is 4.56. The van der Waals surface area contributed by atoms with E-state index in [-0.39, 0.29) is 5.91 Å². The number of para-hydroxylation sites is 1. The fourth-order valence-electron chi connectivity index (χ4n) is 2.28. The van der Waals surface area contributed by atoms with Gasteiger partial charge in [-0.1, -0.05) is 35.2 Å². The van der Waals surface area contributed by atoms with Crippen molar-refractivity contribution >= 4 is 65.9 Å². The molecule has 0 radical (unpaired) electrons. The molecule has 2 heterocycles. The summed E-state index contributed by atoms with van der Waals surface area (Å²) < 4.78 is 8.23. The standard InChI is InChI=1S/C17H13N3O2S3/c1-22-10-6-7-14-12(8-10)18-16(24-14)20-15(21)9-23-17-19-11-4-2-3-5-13(11)25-17/h2-8H,9H2,1H3,(H,18,20,21). The first-order chi connectivity index (χ1) is 12.2. The van der Waals surface area contributed by atoms with Gasteiger partial charge in [0.25, 0.3) is 0 Å². The third-order valence-electron chi connectivity index (χ3n) is 3.44. The fraction of sp³-hybridized carbons (Fsp3) is 0.118. The number of anilines is 1. The lowest BCUT2D eigenvalue weighted by molar-refractivity contribution is -0.113. The second-order valence-electron chi connectivity index (χ2n) is 5.14. The smallest absolute Gasteiger partial charge is 0.236 e. The molecular formula is C17H13N3O2S3. The molecule has 4 rings (SSSR count). The lowest BCUT2D eigenvalue weighted by Crippen LogP contribution is -2.13. The minimum Gasteiger partial charge on any atom is -0.497 e. The maximum atomic E-state index is 12.2. The Morgan fingerprint density at radius 3 is 2.80 bits per heavy atom. The molecule has 2 aromatic carbocycles. The zero-order valence-electron chi connectivity index (χ0n) is 13.2. The molecule has 0 bridgehead atoms. The number of benzene rings is 2. The quantitative estimate of drug-likeness (QED) is 0.505. The molecule has 0 spiro atoms. The summed E-state index contributed by atoms with van der Waals surface area (Å²) in [7, 11) is 1.62. The van der Waals surface area contributed by atoms with E-state index in [9.17, 15) is 4.79 Å². The van der Waals surface area contributed by atoms with Crippen molar-refractivity contribution in [2.45, 2.75) is 4.34 Å². The molecule has 126 valence electrons. The summed E-state index contributed by atoms with van der Waals surface area (Å²) in [4.78, 5) is 21.1. The predicted octanol–water partition coefficient (Wildman–Crippen LogP) is 4.65. The van der Waals surface area contributed by atoms with E-state index in [0.29, 0.717) is 10.9 Å². The van der Waals surface area contributed by atoms with Crippen LogP contribution in [0.25, 0.3) is 20.4 Å². The van der Waals surface area contributed by atoms with Gasteiger partial charge in [-0.15, -0.1) is 11.3 Å². The molecular weight excluding hydrogens is 374 g/mol. The van der Waals surface area contributed by atoms with E-state index in [4.69, 9.17) is 4.74 Å². The molecule has 0 aliphatic heterocycles. The molecule has 0 aliphatic carbocycles. The number of hydrogen-bond acceptors (Lipinski definition) is 7. The number of nitrogens with one attached hydrogen (secondary N) is 1. The molecule has 5 nitrogen and oxygen atoms in total. The SMILES string of the molecule is COc1ccc2sc(NC(=O)CSc3nc4ccccc4s3)nc2c1. The first-order valence-corrected chi connectivity index (χ1v) is 10.1. The average molecular weight is 388 g/mol. The van der Waals surface area contributed by atoms with Crippen LogP contribution in [0.4, 0.5) is 5.13 Å². The Balaban J connectivity index is 1.41. The summed E-state index contributed by atoms with van der Waals surface area (Å²) in [5, 5.41) is 3.45. The van der Waals surface area contributed by atoms with Crippen LogP contribution in [0.15, 0.2) is 46.8 Å². The van der Waals surface area contributed by atoms with Gasteiger partial charge in [0.1, 0.15) is 5.75 Å². The Hall–Kier alpha value is -2.16. The second-order valence-corrected chi connectivity index (χ2v) is 8.42. The van der Waals surface area contributed by atoms with Crippen molar-refractivity contribution in [1.82, 2.24) is 9.97 Å². The number of amides is 1. The third kappa shape index (κ3) is 3.60. The van der Waals surface area contributed by atoms with Gasteiger partial charge in [0, 0.05) is 6.07 Å². The number of aromatic nitrogens is 2. The van der Waals surface area contributed by atoms with Gasteiger partial charge >= 0.3 is 0 Å². The lowest BCUT2D eigenvalue weighted by atomic mass is 10.3. The number of ether oxygens (including phenoxy) is 1. The van der Waals surface area contributed by atoms with Gasteiger partial charge in [0.2, 0.25) is 5.91 Å². The summed E-state index contributed by atoms with van der Waals surface area (Å²) in [6, 6.07) is 13.6. The molecule has 0 aliphatic rings. The first-order valence-electron chi connectivity index (χ1n) is 7.44. The van der Waals surface area contributed by atoms with Gasteiger partial charge in [-0.25, -0.2) is 9.97 Å². The van der Waals surface area contributed by atoms with Gasteiger partial charge in [-0.05, 0) is 24.3 Å². The van der Waals surface area contributed by atoms with Crippen LogP contribution in [0.2, 0.25) is 0 Å². The van der Waals surface area contributed by atoms with Gasteiger partial charge in [0.05, 0.1) is 33.3 Å². The summed E-state index contributed by atoms with van der Waals surface area (Å²) >= 11 is 4.49. The summed E-state index contributed by atoms with van der Waals surface area (Å²) in [6.07, 6.45) is 0. The van der Waals surface area contributed by atoms with Gasteiger partial charge in [-0.2, -0.15) is 0 Å². The maximum Gasteiger partial charge on any atom is 0.236 e. The Morgan fingerprint density at radius 2 is 1.96 bits per heavy atom. The summed E-state index contributed by atoms with van der Waals surface area (Å²) in [5.41, 5.74) is 1.79. The Bertz CT molecular complexity index is 1020. The van der Waals surface area contributed by atoms with E-state index in [1.807, 2.05) is 42.5 Å². The third-order valence-corrected chi connectivity index (χ3v) is 6.57. The summed E-state index contributed by atoms with van der Waals surface area (Å²) in [5.74, 6) is 0.969. The van der Waals surface area contributed by atoms with Gasteiger partial charge in [-0.3, -0.25) is 4.79 Å². The van der Waals surface area contributed by atoms with E-state index in [0.717, 1.165) is 30.5 Å². The number of nitrogens with zero attached hydrogens (tertiary/aromatic N) is 2. The molecule has 2 aromatic heterocycles. The number of methoxy groups -OCH3 is 1. The Morgan fingerprint density at radius 1 is 1.12 bits per heavy atom. The van der Waals surface area contributed by atoms with Gasteiger partial charge in [0.15, 0.2) is 9.47 Å². The lowest BCUT2D eigenvalue weighted by Gasteiger charge is -1.99. The molecule has 1 amide bonds. The molecule has 0 atom stereocenters. The number of carbonyl (C=O) groups is 1. The van der Waals surface area contributed by atoms with Gasteiger partial charge < -0.3 is 10.1 Å². The molecule has 0 unspecified atom stereocenters. The molecule has 0 saturated carbocycles. The van der Waals surface area contributed by atoms with Crippen LogP contribution in [0.3, 0.4) is 0 Å². The monoisotopic (exact) mass is 387 g/mol. The number of hydrogen-bond donors (Lipinski definition) is 1. The van der Waals surface area contributed by atoms with Crippen LogP contribution in [-0.2, 0) is 4.79 Å². The van der Waals surface area contributed by atoms with E-state index in [1.165, 1.54) is 23.1 Å². The highest BCUT2D eigenvalue weighted by Gasteiger charge is 2.11. The molecule has 0 saturated heterocycles. The maximum absolute atomic E-state index is 12.2. The number of carbonyl (C=O) groups excluding carboxylic acids is 1. The molecule has 8 heteroatoms. The number of fused-ring (bicyclic) bond motifs is 2.